The van der Waals surface area contributed by atoms with Gasteiger partial charge in [0.15, 0.2) is 0 Å². The van der Waals surface area contributed by atoms with Crippen LogP contribution in [-0.4, -0.2) is 23.3 Å². The van der Waals surface area contributed by atoms with Crippen LogP contribution in [0.25, 0.3) is 11.4 Å². The van der Waals surface area contributed by atoms with E-state index in [1.165, 1.54) is 12.7 Å². The Hall–Kier alpha value is -3.35. The fourth-order valence-corrected chi connectivity index (χ4v) is 2.64. The van der Waals surface area contributed by atoms with Gasteiger partial charge >= 0.3 is 6.09 Å². The monoisotopic (exact) mass is 353 g/mol. The Morgan fingerprint density at radius 1 is 1.08 bits per heavy atom. The minimum atomic E-state index is -0.925. The maximum atomic E-state index is 11.1. The SMILES string of the molecule is COc1cccc(OC(N)=O)c1-c1noc(CCCc2ccccc2)n1. The van der Waals surface area contributed by atoms with Gasteiger partial charge in [0.05, 0.1) is 7.11 Å². The molecule has 0 saturated carbocycles. The zero-order chi connectivity index (χ0) is 18.4. The Bertz CT molecular complexity index is 878. The number of nitrogens with zero attached hydrogens (tertiary/aromatic N) is 2. The lowest BCUT2D eigenvalue weighted by atomic mass is 10.1. The third-order valence-electron chi connectivity index (χ3n) is 3.81. The Kier molecular flexibility index (Phi) is 5.48. The first kappa shape index (κ1) is 17.5. The fraction of sp³-hybridized carbons (Fsp3) is 0.211. The summed E-state index contributed by atoms with van der Waals surface area (Å²) in [7, 11) is 1.51. The van der Waals surface area contributed by atoms with Gasteiger partial charge < -0.3 is 19.7 Å². The van der Waals surface area contributed by atoms with Gasteiger partial charge in [-0.1, -0.05) is 41.6 Å². The second-order valence-corrected chi connectivity index (χ2v) is 5.61. The highest BCUT2D eigenvalue weighted by atomic mass is 16.5. The van der Waals surface area contributed by atoms with Crippen LogP contribution < -0.4 is 15.2 Å². The van der Waals surface area contributed by atoms with E-state index in [-0.39, 0.29) is 11.6 Å². The molecule has 0 spiro atoms. The van der Waals surface area contributed by atoms with E-state index < -0.39 is 6.09 Å². The van der Waals surface area contributed by atoms with E-state index in [1.807, 2.05) is 18.2 Å². The molecule has 0 aliphatic carbocycles. The van der Waals surface area contributed by atoms with Gasteiger partial charge in [0, 0.05) is 6.42 Å². The number of aryl methyl sites for hydroxylation is 2. The first-order valence-electron chi connectivity index (χ1n) is 8.18. The van der Waals surface area contributed by atoms with Gasteiger partial charge in [0.2, 0.25) is 11.7 Å². The minimum absolute atomic E-state index is 0.216. The summed E-state index contributed by atoms with van der Waals surface area (Å²) in [5, 5.41) is 3.99. The van der Waals surface area contributed by atoms with E-state index in [0.29, 0.717) is 23.6 Å². The molecule has 1 heterocycles. The number of carbonyl (C=O) groups excluding carboxylic acids is 1. The normalized spacial score (nSPS) is 10.5. The van der Waals surface area contributed by atoms with Crippen LogP contribution in [0.2, 0.25) is 0 Å². The van der Waals surface area contributed by atoms with Crippen LogP contribution in [-0.2, 0) is 12.8 Å². The molecule has 0 atom stereocenters. The van der Waals surface area contributed by atoms with E-state index in [2.05, 4.69) is 22.3 Å². The predicted molar refractivity (Wildman–Crippen MR) is 95.0 cm³/mol. The van der Waals surface area contributed by atoms with Crippen molar-refractivity contribution in [3.63, 3.8) is 0 Å². The molecule has 0 radical (unpaired) electrons. The lowest BCUT2D eigenvalue weighted by Crippen LogP contribution is -2.16. The third kappa shape index (κ3) is 4.18. The van der Waals surface area contributed by atoms with Crippen molar-refractivity contribution < 1.29 is 18.8 Å². The third-order valence-corrected chi connectivity index (χ3v) is 3.81. The summed E-state index contributed by atoms with van der Waals surface area (Å²) in [6.45, 7) is 0. The Balaban J connectivity index is 1.75. The molecule has 0 fully saturated rings. The number of rotatable bonds is 7. The summed E-state index contributed by atoms with van der Waals surface area (Å²) in [5.74, 6) is 1.47. The van der Waals surface area contributed by atoms with Crippen molar-refractivity contribution in [2.24, 2.45) is 5.73 Å². The highest BCUT2D eigenvalue weighted by Crippen LogP contribution is 2.36. The lowest BCUT2D eigenvalue weighted by Gasteiger charge is -2.09. The van der Waals surface area contributed by atoms with Crippen molar-refractivity contribution in [1.29, 1.82) is 0 Å². The molecule has 2 aromatic carbocycles. The number of primary amides is 1. The highest BCUT2D eigenvalue weighted by molar-refractivity contribution is 5.77. The van der Waals surface area contributed by atoms with Gasteiger partial charge in [0.1, 0.15) is 17.1 Å². The van der Waals surface area contributed by atoms with E-state index in [4.69, 9.17) is 19.7 Å². The van der Waals surface area contributed by atoms with Gasteiger partial charge in [-0.3, -0.25) is 0 Å². The Morgan fingerprint density at radius 3 is 2.58 bits per heavy atom. The van der Waals surface area contributed by atoms with Crippen molar-refractivity contribution in [1.82, 2.24) is 10.1 Å². The van der Waals surface area contributed by atoms with Crippen molar-refractivity contribution in [2.75, 3.05) is 7.11 Å². The van der Waals surface area contributed by atoms with Gasteiger partial charge in [-0.15, -0.1) is 0 Å². The van der Waals surface area contributed by atoms with Crippen LogP contribution in [0.3, 0.4) is 0 Å². The van der Waals surface area contributed by atoms with Crippen LogP contribution in [0.5, 0.6) is 11.5 Å². The average Bonchev–Trinajstić information content (AvgIpc) is 3.10. The molecular weight excluding hydrogens is 334 g/mol. The summed E-state index contributed by atoms with van der Waals surface area (Å²) in [5.41, 5.74) is 6.80. The molecule has 3 rings (SSSR count). The van der Waals surface area contributed by atoms with Gasteiger partial charge in [-0.05, 0) is 30.5 Å². The summed E-state index contributed by atoms with van der Waals surface area (Å²) >= 11 is 0. The van der Waals surface area contributed by atoms with Crippen molar-refractivity contribution in [2.45, 2.75) is 19.3 Å². The minimum Gasteiger partial charge on any atom is -0.496 e. The number of benzene rings is 2. The summed E-state index contributed by atoms with van der Waals surface area (Å²) in [6, 6.07) is 15.2. The number of carbonyl (C=O) groups is 1. The number of hydrogen-bond donors (Lipinski definition) is 1. The lowest BCUT2D eigenvalue weighted by molar-refractivity contribution is 0.211. The topological polar surface area (TPSA) is 100 Å². The quantitative estimate of drug-likeness (QED) is 0.699. The second-order valence-electron chi connectivity index (χ2n) is 5.61. The molecular formula is C19H19N3O4. The highest BCUT2D eigenvalue weighted by Gasteiger charge is 2.20. The molecule has 2 N–H and O–H groups in total. The second kappa shape index (κ2) is 8.15. The molecule has 1 aromatic heterocycles. The molecule has 0 bridgehead atoms. The van der Waals surface area contributed by atoms with E-state index in [9.17, 15) is 4.79 Å². The number of ether oxygens (including phenoxy) is 2. The summed E-state index contributed by atoms with van der Waals surface area (Å²) in [6.07, 6.45) is 1.51. The Morgan fingerprint density at radius 2 is 1.85 bits per heavy atom. The van der Waals surface area contributed by atoms with E-state index in [0.717, 1.165) is 12.8 Å². The summed E-state index contributed by atoms with van der Waals surface area (Å²) in [4.78, 5) is 15.5. The van der Waals surface area contributed by atoms with E-state index in [1.54, 1.807) is 18.2 Å². The predicted octanol–water partition coefficient (Wildman–Crippen LogP) is 3.38. The molecule has 7 nitrogen and oxygen atoms in total. The maximum Gasteiger partial charge on any atom is 0.409 e. The first-order chi connectivity index (χ1) is 12.7. The number of aromatic nitrogens is 2. The van der Waals surface area contributed by atoms with Crippen LogP contribution in [0, 0.1) is 0 Å². The number of amides is 1. The van der Waals surface area contributed by atoms with Gasteiger partial charge in [-0.2, -0.15) is 4.98 Å². The molecule has 134 valence electrons. The molecule has 0 saturated heterocycles. The molecule has 0 aliphatic heterocycles. The molecule has 7 heteroatoms. The zero-order valence-corrected chi connectivity index (χ0v) is 14.3. The average molecular weight is 353 g/mol. The molecule has 0 unspecified atom stereocenters. The molecule has 1 amide bonds. The van der Waals surface area contributed by atoms with Crippen molar-refractivity contribution in [3.05, 3.63) is 60.0 Å². The van der Waals surface area contributed by atoms with Crippen LogP contribution in [0.4, 0.5) is 4.79 Å². The number of methoxy groups -OCH3 is 1. The maximum absolute atomic E-state index is 11.1. The van der Waals surface area contributed by atoms with Crippen LogP contribution in [0.1, 0.15) is 17.9 Å². The van der Waals surface area contributed by atoms with Crippen molar-refractivity contribution in [3.8, 4) is 22.9 Å². The smallest absolute Gasteiger partial charge is 0.409 e. The zero-order valence-electron chi connectivity index (χ0n) is 14.3. The largest absolute Gasteiger partial charge is 0.496 e. The molecule has 0 aliphatic rings. The first-order valence-corrected chi connectivity index (χ1v) is 8.18. The van der Waals surface area contributed by atoms with Crippen LogP contribution >= 0.6 is 0 Å². The van der Waals surface area contributed by atoms with E-state index >= 15 is 0 Å². The van der Waals surface area contributed by atoms with Gasteiger partial charge in [0.25, 0.3) is 0 Å². The van der Waals surface area contributed by atoms with Crippen LogP contribution in [0.15, 0.2) is 53.1 Å². The molecule has 26 heavy (non-hydrogen) atoms. The summed E-state index contributed by atoms with van der Waals surface area (Å²) < 4.78 is 15.7. The van der Waals surface area contributed by atoms with Gasteiger partial charge in [-0.25, -0.2) is 4.79 Å². The van der Waals surface area contributed by atoms with Crippen molar-refractivity contribution >= 4 is 6.09 Å². The molecule has 3 aromatic rings. The number of nitrogens with two attached hydrogens (primary N) is 1. The Labute approximate surface area is 150 Å². The standard InChI is InChI=1S/C19H19N3O4/c1-24-14-10-6-11-15(25-19(20)23)17(14)18-21-16(26-22-18)12-5-9-13-7-3-2-4-8-13/h2-4,6-8,10-11H,5,9,12H2,1H3,(H2,20,23). The fourth-order valence-electron chi connectivity index (χ4n) is 2.64. The number of hydrogen-bond acceptors (Lipinski definition) is 6.